The summed E-state index contributed by atoms with van der Waals surface area (Å²) in [5, 5.41) is 3.04. The van der Waals surface area contributed by atoms with E-state index >= 15 is 0 Å². The van der Waals surface area contributed by atoms with E-state index in [1.807, 2.05) is 11.8 Å². The summed E-state index contributed by atoms with van der Waals surface area (Å²) in [5.74, 6) is 1.23. The Hall–Kier alpha value is -1.69. The number of nitrogens with zero attached hydrogens (tertiary/aromatic N) is 3. The highest BCUT2D eigenvalue weighted by atomic mass is 16.5. The van der Waals surface area contributed by atoms with E-state index in [-0.39, 0.29) is 12.0 Å². The van der Waals surface area contributed by atoms with E-state index in [4.69, 9.17) is 4.74 Å². The predicted octanol–water partition coefficient (Wildman–Crippen LogP) is 2.33. The van der Waals surface area contributed by atoms with Crippen molar-refractivity contribution in [1.82, 2.24) is 14.9 Å². The van der Waals surface area contributed by atoms with Gasteiger partial charge in [0.25, 0.3) is 5.91 Å². The van der Waals surface area contributed by atoms with Crippen LogP contribution in [-0.4, -0.2) is 53.1 Å². The van der Waals surface area contributed by atoms with E-state index in [0.29, 0.717) is 24.0 Å². The van der Waals surface area contributed by atoms with Gasteiger partial charge in [-0.1, -0.05) is 6.42 Å². The van der Waals surface area contributed by atoms with E-state index in [1.54, 1.807) is 12.4 Å². The summed E-state index contributed by atoms with van der Waals surface area (Å²) in [4.78, 5) is 23.2. The Morgan fingerprint density at radius 1 is 1.26 bits per heavy atom. The molecule has 126 valence electrons. The molecule has 0 aromatic carbocycles. The van der Waals surface area contributed by atoms with Crippen molar-refractivity contribution in [2.45, 2.75) is 45.1 Å². The maximum atomic E-state index is 12.8. The van der Waals surface area contributed by atoms with Crippen LogP contribution in [0, 0.1) is 5.92 Å². The van der Waals surface area contributed by atoms with Crippen molar-refractivity contribution in [2.75, 3.05) is 31.6 Å². The van der Waals surface area contributed by atoms with Crippen LogP contribution in [0.2, 0.25) is 0 Å². The summed E-state index contributed by atoms with van der Waals surface area (Å²) in [6.45, 7) is 5.08. The molecule has 1 saturated carbocycles. The molecule has 1 aliphatic carbocycles. The van der Waals surface area contributed by atoms with Crippen molar-refractivity contribution < 1.29 is 9.53 Å². The standard InChI is InChI=1S/C17H26N4O2/c1-2-18-17-19-9-14(10-20-17)16(22)21(11-13-5-3-6-13)12-15-7-4-8-23-15/h9-10,13,15H,2-8,11-12H2,1H3,(H,18,19,20). The molecule has 3 rings (SSSR count). The Morgan fingerprint density at radius 2 is 2.04 bits per heavy atom. The molecule has 2 heterocycles. The van der Waals surface area contributed by atoms with Crippen molar-refractivity contribution in [3.8, 4) is 0 Å². The predicted molar refractivity (Wildman–Crippen MR) is 88.4 cm³/mol. The van der Waals surface area contributed by atoms with Gasteiger partial charge < -0.3 is 15.0 Å². The molecule has 1 amide bonds. The lowest BCUT2D eigenvalue weighted by Crippen LogP contribution is -2.42. The molecule has 1 atom stereocenters. The number of rotatable bonds is 7. The van der Waals surface area contributed by atoms with Crippen LogP contribution < -0.4 is 5.32 Å². The SMILES string of the molecule is CCNc1ncc(C(=O)N(CC2CCC2)CC2CCCO2)cn1. The van der Waals surface area contributed by atoms with Crippen LogP contribution in [0.1, 0.15) is 49.4 Å². The minimum atomic E-state index is 0.0236. The van der Waals surface area contributed by atoms with Crippen LogP contribution in [0.15, 0.2) is 12.4 Å². The van der Waals surface area contributed by atoms with E-state index < -0.39 is 0 Å². The molecule has 1 N–H and O–H groups in total. The zero-order chi connectivity index (χ0) is 16.1. The van der Waals surface area contributed by atoms with Crippen LogP contribution in [0.25, 0.3) is 0 Å². The molecule has 1 aliphatic heterocycles. The molecule has 2 aliphatic rings. The van der Waals surface area contributed by atoms with Crippen molar-refractivity contribution in [1.29, 1.82) is 0 Å². The van der Waals surface area contributed by atoms with Gasteiger partial charge in [0.1, 0.15) is 0 Å². The number of carbonyl (C=O) groups excluding carboxylic acids is 1. The van der Waals surface area contributed by atoms with Gasteiger partial charge in [0.15, 0.2) is 0 Å². The minimum absolute atomic E-state index is 0.0236. The summed E-state index contributed by atoms with van der Waals surface area (Å²) in [7, 11) is 0. The number of amides is 1. The van der Waals surface area contributed by atoms with Crippen LogP contribution in [0.3, 0.4) is 0 Å². The molecular weight excluding hydrogens is 292 g/mol. The summed E-state index contributed by atoms with van der Waals surface area (Å²) in [5.41, 5.74) is 0.559. The van der Waals surface area contributed by atoms with Gasteiger partial charge in [-0.15, -0.1) is 0 Å². The summed E-state index contributed by atoms with van der Waals surface area (Å²) >= 11 is 0. The summed E-state index contributed by atoms with van der Waals surface area (Å²) in [6, 6.07) is 0. The monoisotopic (exact) mass is 318 g/mol. The summed E-state index contributed by atoms with van der Waals surface area (Å²) in [6.07, 6.45) is 9.30. The second kappa shape index (κ2) is 7.73. The molecule has 1 saturated heterocycles. The topological polar surface area (TPSA) is 67.4 Å². The van der Waals surface area contributed by atoms with Gasteiger partial charge >= 0.3 is 0 Å². The molecular formula is C17H26N4O2. The Balaban J connectivity index is 1.66. The van der Waals surface area contributed by atoms with E-state index in [0.717, 1.165) is 32.5 Å². The second-order valence-electron chi connectivity index (χ2n) is 6.47. The number of hydrogen-bond donors (Lipinski definition) is 1. The number of carbonyl (C=O) groups is 1. The highest BCUT2D eigenvalue weighted by molar-refractivity contribution is 5.93. The average molecular weight is 318 g/mol. The lowest BCUT2D eigenvalue weighted by Gasteiger charge is -2.33. The van der Waals surface area contributed by atoms with Crippen molar-refractivity contribution in [3.63, 3.8) is 0 Å². The van der Waals surface area contributed by atoms with Gasteiger partial charge in [-0.25, -0.2) is 9.97 Å². The number of aromatic nitrogens is 2. The second-order valence-corrected chi connectivity index (χ2v) is 6.47. The first-order valence-electron chi connectivity index (χ1n) is 8.73. The van der Waals surface area contributed by atoms with Gasteiger partial charge in [-0.3, -0.25) is 4.79 Å². The lowest BCUT2D eigenvalue weighted by atomic mass is 9.85. The fourth-order valence-electron chi connectivity index (χ4n) is 3.13. The molecule has 1 aromatic heterocycles. The quantitative estimate of drug-likeness (QED) is 0.836. The smallest absolute Gasteiger partial charge is 0.257 e. The van der Waals surface area contributed by atoms with Gasteiger partial charge in [-0.05, 0) is 38.5 Å². The maximum absolute atomic E-state index is 12.8. The third-order valence-electron chi connectivity index (χ3n) is 4.67. The van der Waals surface area contributed by atoms with Gasteiger partial charge in [0, 0.05) is 38.6 Å². The zero-order valence-corrected chi connectivity index (χ0v) is 13.8. The molecule has 23 heavy (non-hydrogen) atoms. The first-order chi connectivity index (χ1) is 11.3. The zero-order valence-electron chi connectivity index (χ0n) is 13.8. The van der Waals surface area contributed by atoms with Gasteiger partial charge in [0.2, 0.25) is 5.95 Å². The number of nitrogens with one attached hydrogen (secondary N) is 1. The Labute approximate surface area is 137 Å². The number of anilines is 1. The Bertz CT molecular complexity index is 510. The molecule has 0 radical (unpaired) electrons. The Morgan fingerprint density at radius 3 is 2.61 bits per heavy atom. The number of hydrogen-bond acceptors (Lipinski definition) is 5. The molecule has 1 aromatic rings. The van der Waals surface area contributed by atoms with E-state index in [9.17, 15) is 4.79 Å². The van der Waals surface area contributed by atoms with Gasteiger partial charge in [0.05, 0.1) is 11.7 Å². The van der Waals surface area contributed by atoms with Crippen LogP contribution >= 0.6 is 0 Å². The molecule has 0 bridgehead atoms. The fraction of sp³-hybridized carbons (Fsp3) is 0.706. The van der Waals surface area contributed by atoms with Crippen molar-refractivity contribution in [3.05, 3.63) is 18.0 Å². The first kappa shape index (κ1) is 16.2. The largest absolute Gasteiger partial charge is 0.376 e. The van der Waals surface area contributed by atoms with Crippen molar-refractivity contribution in [2.24, 2.45) is 5.92 Å². The minimum Gasteiger partial charge on any atom is -0.376 e. The van der Waals surface area contributed by atoms with Crippen molar-refractivity contribution >= 4 is 11.9 Å². The number of ether oxygens (including phenoxy) is 1. The van der Waals surface area contributed by atoms with Gasteiger partial charge in [-0.2, -0.15) is 0 Å². The molecule has 0 spiro atoms. The molecule has 2 fully saturated rings. The van der Waals surface area contributed by atoms with E-state index in [2.05, 4.69) is 15.3 Å². The third kappa shape index (κ3) is 4.19. The lowest BCUT2D eigenvalue weighted by molar-refractivity contribution is 0.0447. The average Bonchev–Trinajstić information content (AvgIpc) is 3.03. The highest BCUT2D eigenvalue weighted by Gasteiger charge is 2.28. The highest BCUT2D eigenvalue weighted by Crippen LogP contribution is 2.28. The van der Waals surface area contributed by atoms with Crippen LogP contribution in [0.5, 0.6) is 0 Å². The molecule has 6 nitrogen and oxygen atoms in total. The fourth-order valence-corrected chi connectivity index (χ4v) is 3.13. The first-order valence-corrected chi connectivity index (χ1v) is 8.73. The molecule has 1 unspecified atom stereocenters. The molecule has 6 heteroatoms. The Kier molecular flexibility index (Phi) is 5.43. The third-order valence-corrected chi connectivity index (χ3v) is 4.67. The van der Waals surface area contributed by atoms with E-state index in [1.165, 1.54) is 19.3 Å². The van der Waals surface area contributed by atoms with Crippen LogP contribution in [-0.2, 0) is 4.74 Å². The normalized spacial score (nSPS) is 21.0. The van der Waals surface area contributed by atoms with Crippen LogP contribution in [0.4, 0.5) is 5.95 Å². The summed E-state index contributed by atoms with van der Waals surface area (Å²) < 4.78 is 5.72. The maximum Gasteiger partial charge on any atom is 0.257 e.